The molecule has 0 aliphatic carbocycles. The number of nitrogens with zero attached hydrogens (tertiary/aromatic N) is 5. The number of hydrogen-bond donors (Lipinski definition) is 0. The van der Waals surface area contributed by atoms with Crippen molar-refractivity contribution in [3.8, 4) is 0 Å². The summed E-state index contributed by atoms with van der Waals surface area (Å²) in [5.74, 6) is -0.490. The van der Waals surface area contributed by atoms with Gasteiger partial charge in [0.2, 0.25) is 0 Å². The lowest BCUT2D eigenvalue weighted by atomic mass is 10.1. The summed E-state index contributed by atoms with van der Waals surface area (Å²) >= 11 is 0. The molecule has 5 rings (SSSR count). The molecule has 1 atom stereocenters. The van der Waals surface area contributed by atoms with Crippen molar-refractivity contribution < 1.29 is 18.7 Å². The fourth-order valence-electron chi connectivity index (χ4n) is 4.31. The van der Waals surface area contributed by atoms with Gasteiger partial charge in [0.15, 0.2) is 5.65 Å². The second kappa shape index (κ2) is 8.93. The summed E-state index contributed by atoms with van der Waals surface area (Å²) in [4.78, 5) is 21.6. The van der Waals surface area contributed by atoms with Gasteiger partial charge in [-0.05, 0) is 37.3 Å². The van der Waals surface area contributed by atoms with Crippen molar-refractivity contribution in [3.63, 3.8) is 0 Å². The Balaban J connectivity index is 1.39. The number of aryl methyl sites for hydroxylation is 1. The minimum absolute atomic E-state index is 0.131. The number of morpholine rings is 2. The number of ether oxygens (including phenoxy) is 2. The lowest BCUT2D eigenvalue weighted by Crippen LogP contribution is -2.42. The molecule has 0 bridgehead atoms. The molecular weight excluding hydrogens is 413 g/mol. The quantitative estimate of drug-likeness (QED) is 0.621. The summed E-state index contributed by atoms with van der Waals surface area (Å²) in [6.45, 7) is 7.34. The number of carbonyl (C=O) groups excluding carboxylic acids is 1. The molecule has 1 amide bonds. The van der Waals surface area contributed by atoms with E-state index in [0.29, 0.717) is 25.3 Å². The van der Waals surface area contributed by atoms with Gasteiger partial charge >= 0.3 is 0 Å². The van der Waals surface area contributed by atoms with E-state index in [-0.39, 0.29) is 17.8 Å². The lowest BCUT2D eigenvalue weighted by molar-refractivity contribution is -0.0256. The van der Waals surface area contributed by atoms with Crippen molar-refractivity contribution in [3.05, 3.63) is 64.9 Å². The third-order valence-electron chi connectivity index (χ3n) is 6.10. The van der Waals surface area contributed by atoms with Crippen LogP contribution in [0.1, 0.15) is 33.4 Å². The van der Waals surface area contributed by atoms with Gasteiger partial charge in [-0.2, -0.15) is 5.10 Å². The highest BCUT2D eigenvalue weighted by molar-refractivity contribution is 5.94. The molecular formula is C23H26FN5O3. The van der Waals surface area contributed by atoms with Gasteiger partial charge in [-0.25, -0.2) is 13.9 Å². The first-order valence-electron chi connectivity index (χ1n) is 10.9. The summed E-state index contributed by atoms with van der Waals surface area (Å²) in [7, 11) is 0. The zero-order valence-corrected chi connectivity index (χ0v) is 18.0. The summed E-state index contributed by atoms with van der Waals surface area (Å²) in [5.41, 5.74) is 4.19. The predicted octanol–water partition coefficient (Wildman–Crippen LogP) is 2.22. The number of benzene rings is 1. The van der Waals surface area contributed by atoms with Crippen LogP contribution in [0.25, 0.3) is 5.65 Å². The molecule has 0 unspecified atom stereocenters. The molecule has 0 N–H and O–H groups in total. The molecule has 2 aliphatic heterocycles. The van der Waals surface area contributed by atoms with E-state index < -0.39 is 0 Å². The van der Waals surface area contributed by atoms with Crippen LogP contribution >= 0.6 is 0 Å². The van der Waals surface area contributed by atoms with Crippen LogP contribution in [0, 0.1) is 12.7 Å². The van der Waals surface area contributed by atoms with Gasteiger partial charge in [0.25, 0.3) is 5.91 Å². The average molecular weight is 439 g/mol. The number of carbonyl (C=O) groups is 1. The van der Waals surface area contributed by atoms with Crippen LogP contribution in [-0.4, -0.2) is 76.3 Å². The van der Waals surface area contributed by atoms with Crippen LogP contribution in [-0.2, 0) is 16.0 Å². The molecule has 2 fully saturated rings. The lowest BCUT2D eigenvalue weighted by Gasteiger charge is -2.33. The fourth-order valence-corrected chi connectivity index (χ4v) is 4.31. The van der Waals surface area contributed by atoms with Gasteiger partial charge in [0, 0.05) is 43.5 Å². The topological polar surface area (TPSA) is 72.2 Å². The van der Waals surface area contributed by atoms with Crippen LogP contribution in [0.2, 0.25) is 0 Å². The summed E-state index contributed by atoms with van der Waals surface area (Å²) in [5, 5.41) is 4.76. The molecule has 2 saturated heterocycles. The molecule has 9 heteroatoms. The number of hydrogen-bond acceptors (Lipinski definition) is 6. The molecule has 4 heterocycles. The number of amides is 1. The first-order valence-corrected chi connectivity index (χ1v) is 10.9. The van der Waals surface area contributed by atoms with Gasteiger partial charge in [-0.3, -0.25) is 9.69 Å². The van der Waals surface area contributed by atoms with Crippen LogP contribution in [0.3, 0.4) is 0 Å². The second-order valence-corrected chi connectivity index (χ2v) is 8.18. The van der Waals surface area contributed by atoms with E-state index >= 15 is 0 Å². The van der Waals surface area contributed by atoms with E-state index in [9.17, 15) is 9.18 Å². The molecule has 1 aromatic carbocycles. The average Bonchev–Trinajstić information content (AvgIpc) is 3.15. The van der Waals surface area contributed by atoms with Crippen LogP contribution in [0.4, 0.5) is 4.39 Å². The summed E-state index contributed by atoms with van der Waals surface area (Å²) < 4.78 is 26.6. The zero-order valence-electron chi connectivity index (χ0n) is 18.0. The van der Waals surface area contributed by atoms with Gasteiger partial charge < -0.3 is 14.4 Å². The molecule has 2 aliphatic rings. The summed E-state index contributed by atoms with van der Waals surface area (Å²) in [6.07, 6.45) is 1.45. The molecule has 168 valence electrons. The molecule has 2 aromatic heterocycles. The maximum absolute atomic E-state index is 13.2. The molecule has 32 heavy (non-hydrogen) atoms. The monoisotopic (exact) mass is 439 g/mol. The fraction of sp³-hybridized carbons (Fsp3) is 0.435. The van der Waals surface area contributed by atoms with E-state index in [1.807, 2.05) is 17.5 Å². The van der Waals surface area contributed by atoms with Crippen molar-refractivity contribution in [2.75, 3.05) is 46.0 Å². The molecule has 0 saturated carbocycles. The Labute approximate surface area is 185 Å². The van der Waals surface area contributed by atoms with Crippen molar-refractivity contribution >= 4 is 11.6 Å². The number of fused-ring (bicyclic) bond motifs is 1. The second-order valence-electron chi connectivity index (χ2n) is 8.18. The zero-order chi connectivity index (χ0) is 22.1. The van der Waals surface area contributed by atoms with Gasteiger partial charge in [0.1, 0.15) is 11.9 Å². The molecule has 0 radical (unpaired) electrons. The normalized spacial score (nSPS) is 20.1. The van der Waals surface area contributed by atoms with Crippen molar-refractivity contribution in [1.82, 2.24) is 24.4 Å². The maximum atomic E-state index is 13.2. The number of aromatic nitrogens is 3. The predicted molar refractivity (Wildman–Crippen MR) is 115 cm³/mol. The first kappa shape index (κ1) is 21.0. The van der Waals surface area contributed by atoms with Crippen LogP contribution < -0.4 is 0 Å². The van der Waals surface area contributed by atoms with E-state index in [2.05, 4.69) is 9.88 Å². The Bertz CT molecular complexity index is 1110. The smallest absolute Gasteiger partial charge is 0.254 e. The maximum Gasteiger partial charge on any atom is 0.254 e. The van der Waals surface area contributed by atoms with Crippen LogP contribution in [0.5, 0.6) is 0 Å². The third kappa shape index (κ3) is 4.11. The number of rotatable bonds is 4. The van der Waals surface area contributed by atoms with E-state index in [4.69, 9.17) is 14.6 Å². The Morgan fingerprint density at radius 1 is 1.12 bits per heavy atom. The largest absolute Gasteiger partial charge is 0.379 e. The molecule has 3 aromatic rings. The Morgan fingerprint density at radius 3 is 2.69 bits per heavy atom. The molecule has 0 spiro atoms. The number of halogens is 1. The standard InChI is InChI=1S/C23H26FN5O3/c1-16-19(14-27-8-11-31-12-9-27)22-25-7-6-20(29(22)26-16)21-15-28(10-13-32-21)23(30)17-2-4-18(24)5-3-17/h2-7,21H,8-15H2,1H3/t21-/m1/s1. The van der Waals surface area contributed by atoms with E-state index in [1.54, 1.807) is 11.1 Å². The van der Waals surface area contributed by atoms with Gasteiger partial charge in [-0.1, -0.05) is 0 Å². The Hall–Kier alpha value is -2.88. The van der Waals surface area contributed by atoms with Gasteiger partial charge in [0.05, 0.1) is 37.8 Å². The highest BCUT2D eigenvalue weighted by Crippen LogP contribution is 2.26. The van der Waals surface area contributed by atoms with E-state index in [1.165, 1.54) is 24.3 Å². The van der Waals surface area contributed by atoms with E-state index in [0.717, 1.165) is 55.4 Å². The Kier molecular flexibility index (Phi) is 5.86. The highest BCUT2D eigenvalue weighted by atomic mass is 19.1. The minimum atomic E-state index is -0.359. The van der Waals surface area contributed by atoms with Gasteiger partial charge in [-0.15, -0.1) is 0 Å². The van der Waals surface area contributed by atoms with Crippen molar-refractivity contribution in [2.45, 2.75) is 19.6 Å². The van der Waals surface area contributed by atoms with Crippen LogP contribution in [0.15, 0.2) is 36.5 Å². The first-order chi connectivity index (χ1) is 15.6. The highest BCUT2D eigenvalue weighted by Gasteiger charge is 2.29. The third-order valence-corrected chi connectivity index (χ3v) is 6.10. The Morgan fingerprint density at radius 2 is 1.91 bits per heavy atom. The molecule has 8 nitrogen and oxygen atoms in total. The minimum Gasteiger partial charge on any atom is -0.379 e. The SMILES string of the molecule is Cc1nn2c([C@H]3CN(C(=O)c4ccc(F)cc4)CCO3)ccnc2c1CN1CCOCC1. The van der Waals surface area contributed by atoms with Crippen molar-refractivity contribution in [2.24, 2.45) is 0 Å². The van der Waals surface area contributed by atoms with Crippen molar-refractivity contribution in [1.29, 1.82) is 0 Å². The summed E-state index contributed by atoms with van der Waals surface area (Å²) in [6, 6.07) is 7.54.